The fourth-order valence-electron chi connectivity index (χ4n) is 6.43. The molecule has 2 fully saturated rings. The van der Waals surface area contributed by atoms with E-state index in [0.29, 0.717) is 25.6 Å². The number of aliphatic hydroxyl groups is 1. The Morgan fingerprint density at radius 1 is 1.05 bits per heavy atom. The van der Waals surface area contributed by atoms with Gasteiger partial charge in [-0.1, -0.05) is 43.8 Å². The zero-order valence-corrected chi connectivity index (χ0v) is 21.2. The number of rotatable bonds is 5. The predicted molar refractivity (Wildman–Crippen MR) is 152 cm³/mol. The van der Waals surface area contributed by atoms with Crippen molar-refractivity contribution in [2.45, 2.75) is 44.4 Å². The largest absolute Gasteiger partial charge is 0.390 e. The Morgan fingerprint density at radius 3 is 2.41 bits per heavy atom. The molecule has 2 saturated heterocycles. The lowest BCUT2D eigenvalue weighted by Crippen LogP contribution is -2.57. The van der Waals surface area contributed by atoms with Crippen LogP contribution in [-0.4, -0.2) is 65.3 Å². The van der Waals surface area contributed by atoms with Gasteiger partial charge in [-0.3, -0.25) is 9.69 Å². The van der Waals surface area contributed by atoms with Gasteiger partial charge in [0.1, 0.15) is 11.4 Å². The molecule has 1 amide bonds. The van der Waals surface area contributed by atoms with E-state index in [1.807, 2.05) is 0 Å². The second kappa shape index (κ2) is 10.6. The summed E-state index contributed by atoms with van der Waals surface area (Å²) < 4.78 is 13.7. The summed E-state index contributed by atoms with van der Waals surface area (Å²) in [5, 5.41) is 12.8. The number of nitrogens with zero attached hydrogens (tertiary/aromatic N) is 3. The molecule has 1 spiro atoms. The van der Waals surface area contributed by atoms with Crippen LogP contribution >= 0.6 is 13.5 Å². The average molecular weight is 525 g/mol. The Balaban J connectivity index is 0.00000160. The van der Waals surface area contributed by atoms with Crippen LogP contribution in [0.1, 0.15) is 37.4 Å². The molecule has 3 aliphatic rings. The number of amides is 1. The maximum absolute atomic E-state index is 13.8. The maximum atomic E-state index is 13.8. The Bertz CT molecular complexity index is 1260. The molecule has 2 heterocycles. The minimum Gasteiger partial charge on any atom is -0.390 e. The molecule has 3 N–H and O–H groups in total. The summed E-state index contributed by atoms with van der Waals surface area (Å²) in [5.74, 6) is -0.265. The molecule has 0 radical (unpaired) electrons. The van der Waals surface area contributed by atoms with Gasteiger partial charge < -0.3 is 20.6 Å². The fourth-order valence-corrected chi connectivity index (χ4v) is 6.43. The highest BCUT2D eigenvalue weighted by molar-refractivity contribution is 7.59. The third-order valence-corrected chi connectivity index (χ3v) is 8.22. The Morgan fingerprint density at radius 2 is 1.73 bits per heavy atom. The number of carbonyl (C=O) groups excluding carboxylic acids is 1. The second-order valence-electron chi connectivity index (χ2n) is 10.1. The van der Waals surface area contributed by atoms with Crippen LogP contribution < -0.4 is 10.6 Å². The Hall–Kier alpha value is -2.65. The maximum Gasteiger partial charge on any atom is 0.250 e. The smallest absolute Gasteiger partial charge is 0.250 e. The molecule has 0 bridgehead atoms. The molecule has 2 aliphatic heterocycles. The van der Waals surface area contributed by atoms with E-state index in [0.717, 1.165) is 25.2 Å². The lowest BCUT2D eigenvalue weighted by molar-refractivity contribution is -0.134. The summed E-state index contributed by atoms with van der Waals surface area (Å²) in [4.78, 5) is 20.1. The van der Waals surface area contributed by atoms with Crippen molar-refractivity contribution in [2.75, 3.05) is 37.7 Å². The molecule has 0 aromatic heterocycles. The quantitative estimate of drug-likeness (QED) is 0.532. The van der Waals surface area contributed by atoms with Gasteiger partial charge >= 0.3 is 0 Å². The number of piperidine rings is 1. The number of nitrogens with two attached hydrogens (primary N) is 1. The number of benzene rings is 3. The van der Waals surface area contributed by atoms with Crippen molar-refractivity contribution < 1.29 is 14.3 Å². The molecule has 0 saturated carbocycles. The molecule has 3 aromatic rings. The van der Waals surface area contributed by atoms with Gasteiger partial charge in [0.05, 0.1) is 12.8 Å². The summed E-state index contributed by atoms with van der Waals surface area (Å²) in [6.07, 6.45) is 1.60. The first-order chi connectivity index (χ1) is 17.0. The highest BCUT2D eigenvalue weighted by atomic mass is 32.1. The highest BCUT2D eigenvalue weighted by Crippen LogP contribution is 2.45. The topological polar surface area (TPSA) is 73.0 Å². The molecule has 6 nitrogen and oxygen atoms in total. The first-order valence-electron chi connectivity index (χ1n) is 12.5. The van der Waals surface area contributed by atoms with Crippen LogP contribution in [0.15, 0.2) is 60.7 Å². The van der Waals surface area contributed by atoms with Crippen molar-refractivity contribution in [3.8, 4) is 0 Å². The van der Waals surface area contributed by atoms with E-state index in [-0.39, 0.29) is 45.7 Å². The van der Waals surface area contributed by atoms with Crippen molar-refractivity contribution in [1.82, 2.24) is 9.80 Å². The molecular formula is C29H37FN4O2S. The number of anilines is 1. The van der Waals surface area contributed by atoms with Gasteiger partial charge in [0.15, 0.2) is 0 Å². The van der Waals surface area contributed by atoms with Crippen LogP contribution in [0, 0.1) is 5.82 Å². The van der Waals surface area contributed by atoms with Gasteiger partial charge in [-0.2, -0.15) is 13.5 Å². The van der Waals surface area contributed by atoms with E-state index < -0.39 is 11.6 Å². The van der Waals surface area contributed by atoms with Crippen LogP contribution in [0.3, 0.4) is 0 Å². The SMILES string of the molecule is C.NC[C@H](O)CN1CN(c2ccc(F)cc2)C2(CCN([C@@H]3Cc4cccc5cccc3c45)CC2)C1=O.S. The van der Waals surface area contributed by atoms with Crippen LogP contribution in [-0.2, 0) is 11.2 Å². The molecule has 0 unspecified atom stereocenters. The minimum atomic E-state index is -0.762. The molecule has 8 heteroatoms. The van der Waals surface area contributed by atoms with E-state index in [1.165, 1.54) is 34.0 Å². The molecule has 198 valence electrons. The van der Waals surface area contributed by atoms with Crippen LogP contribution in [0.25, 0.3) is 10.8 Å². The Labute approximate surface area is 225 Å². The third kappa shape index (κ3) is 4.50. The molecule has 1 aliphatic carbocycles. The van der Waals surface area contributed by atoms with Gasteiger partial charge in [0, 0.05) is 37.9 Å². The number of halogens is 1. The van der Waals surface area contributed by atoms with Gasteiger partial charge in [0.2, 0.25) is 5.91 Å². The number of hydrogen-bond donors (Lipinski definition) is 2. The first kappa shape index (κ1) is 27.4. The predicted octanol–water partition coefficient (Wildman–Crippen LogP) is 3.79. The van der Waals surface area contributed by atoms with Crippen LogP contribution in [0.5, 0.6) is 0 Å². The number of aliphatic hydroxyl groups excluding tert-OH is 1. The normalized spacial score (nSPS) is 21.3. The van der Waals surface area contributed by atoms with E-state index in [9.17, 15) is 14.3 Å². The molecule has 37 heavy (non-hydrogen) atoms. The highest BCUT2D eigenvalue weighted by Gasteiger charge is 2.54. The van der Waals surface area contributed by atoms with Gasteiger partial charge in [-0.15, -0.1) is 0 Å². The van der Waals surface area contributed by atoms with E-state index in [2.05, 4.69) is 46.2 Å². The molecule has 2 atom stereocenters. The molecular weight excluding hydrogens is 487 g/mol. The van der Waals surface area contributed by atoms with Gasteiger partial charge in [0.25, 0.3) is 0 Å². The van der Waals surface area contributed by atoms with E-state index >= 15 is 0 Å². The zero-order chi connectivity index (χ0) is 24.2. The summed E-state index contributed by atoms with van der Waals surface area (Å²) >= 11 is 0. The monoisotopic (exact) mass is 524 g/mol. The number of likely N-dealkylation sites (tertiary alicyclic amines) is 1. The summed E-state index contributed by atoms with van der Waals surface area (Å²) in [6, 6.07) is 19.8. The average Bonchev–Trinajstić information content (AvgIpc) is 3.38. The zero-order valence-electron chi connectivity index (χ0n) is 20.2. The van der Waals surface area contributed by atoms with Crippen molar-refractivity contribution in [1.29, 1.82) is 0 Å². The van der Waals surface area contributed by atoms with Gasteiger partial charge in [-0.25, -0.2) is 4.39 Å². The second-order valence-corrected chi connectivity index (χ2v) is 10.1. The van der Waals surface area contributed by atoms with E-state index in [4.69, 9.17) is 5.73 Å². The molecule has 6 rings (SSSR count). The summed E-state index contributed by atoms with van der Waals surface area (Å²) in [5.41, 5.74) is 8.55. The summed E-state index contributed by atoms with van der Waals surface area (Å²) in [6.45, 7) is 2.28. The molecule has 3 aromatic carbocycles. The number of hydrogen-bond acceptors (Lipinski definition) is 5. The minimum absolute atomic E-state index is 0. The Kier molecular flexibility index (Phi) is 7.85. The van der Waals surface area contributed by atoms with Crippen molar-refractivity contribution in [2.24, 2.45) is 5.73 Å². The summed E-state index contributed by atoms with van der Waals surface area (Å²) in [7, 11) is 0. The van der Waals surface area contributed by atoms with Crippen LogP contribution in [0.2, 0.25) is 0 Å². The standard InChI is InChI=1S/C28H31FN4O2.CH4.H2S/c29-21-7-9-22(10-8-21)33-18-32(17-23(34)16-30)27(35)28(33)11-13-31(14-12-28)25-15-20-5-1-3-19-4-2-6-24(25)26(19)20;;/h1-10,23,25,34H,11-18,30H2;1H4;1H2/t23-,25+;;/m0../s1. The third-order valence-electron chi connectivity index (χ3n) is 8.22. The van der Waals surface area contributed by atoms with Crippen molar-refractivity contribution in [3.05, 3.63) is 77.6 Å². The first-order valence-corrected chi connectivity index (χ1v) is 12.5. The van der Waals surface area contributed by atoms with Crippen molar-refractivity contribution >= 4 is 35.9 Å². The fraction of sp³-hybridized carbons (Fsp3) is 0.414. The van der Waals surface area contributed by atoms with Crippen molar-refractivity contribution in [3.63, 3.8) is 0 Å². The lowest BCUT2D eigenvalue weighted by Gasteiger charge is -2.45. The lowest BCUT2D eigenvalue weighted by atomic mass is 9.84. The van der Waals surface area contributed by atoms with E-state index in [1.54, 1.807) is 17.0 Å². The van der Waals surface area contributed by atoms with Crippen LogP contribution in [0.4, 0.5) is 10.1 Å². The number of β-amino-alcohol motifs (C(OH)–C–C–N with tert-alkyl or cyclic N) is 1. The number of carbonyl (C=O) groups is 1. The van der Waals surface area contributed by atoms with Gasteiger partial charge in [-0.05, 0) is 65.4 Å².